The topological polar surface area (TPSA) is 89.2 Å². The van der Waals surface area contributed by atoms with E-state index >= 15 is 0 Å². The lowest BCUT2D eigenvalue weighted by molar-refractivity contribution is -0.119. The molecule has 0 bridgehead atoms. The number of carbonyl (C=O) groups excluding carboxylic acids is 1. The maximum absolute atomic E-state index is 12.3. The lowest BCUT2D eigenvalue weighted by atomic mass is 10.1. The fraction of sp³-hybridized carbons (Fsp3) is 0.364. The van der Waals surface area contributed by atoms with Gasteiger partial charge in [-0.2, -0.15) is 8.78 Å². The van der Waals surface area contributed by atoms with Gasteiger partial charge in [-0.3, -0.25) is 9.79 Å². The molecule has 0 radical (unpaired) electrons. The van der Waals surface area contributed by atoms with Gasteiger partial charge in [-0.1, -0.05) is 24.3 Å². The Bertz CT molecular complexity index is 843. The van der Waals surface area contributed by atoms with E-state index in [9.17, 15) is 13.6 Å². The second-order valence-electron chi connectivity index (χ2n) is 6.76. The first kappa shape index (κ1) is 23.9. The Morgan fingerprint density at radius 3 is 2.29 bits per heavy atom. The van der Waals surface area contributed by atoms with E-state index in [0.29, 0.717) is 18.8 Å². The molecule has 0 unspecified atom stereocenters. The van der Waals surface area contributed by atoms with Crippen molar-refractivity contribution in [3.05, 3.63) is 59.7 Å². The van der Waals surface area contributed by atoms with Gasteiger partial charge >= 0.3 is 6.61 Å². The van der Waals surface area contributed by atoms with E-state index in [4.69, 9.17) is 10.5 Å². The van der Waals surface area contributed by atoms with E-state index in [0.717, 1.165) is 30.1 Å². The molecule has 0 aliphatic carbocycles. The van der Waals surface area contributed by atoms with Crippen LogP contribution in [-0.2, 0) is 17.8 Å². The third-order valence-corrected chi connectivity index (χ3v) is 4.23. The van der Waals surface area contributed by atoms with Crippen molar-refractivity contribution >= 4 is 11.9 Å². The summed E-state index contributed by atoms with van der Waals surface area (Å²) in [6.45, 7) is 0.868. The van der Waals surface area contributed by atoms with Crippen LogP contribution in [0, 0.1) is 0 Å². The van der Waals surface area contributed by atoms with Crippen molar-refractivity contribution in [1.29, 1.82) is 0 Å². The summed E-state index contributed by atoms with van der Waals surface area (Å²) in [5, 5.41) is 3.25. The fourth-order valence-corrected chi connectivity index (χ4v) is 2.79. The number of nitrogens with two attached hydrogens (primary N) is 1. The molecule has 0 spiro atoms. The second-order valence-corrected chi connectivity index (χ2v) is 6.76. The average molecular weight is 434 g/mol. The minimum atomic E-state index is -2.83. The number of rotatable bonds is 11. The molecule has 2 aromatic carbocycles. The van der Waals surface area contributed by atoms with Gasteiger partial charge in [0.2, 0.25) is 0 Å². The molecular weight excluding hydrogens is 406 g/mol. The van der Waals surface area contributed by atoms with Gasteiger partial charge in [0.25, 0.3) is 5.91 Å². The highest BCUT2D eigenvalue weighted by Gasteiger charge is 2.08. The molecule has 0 saturated heterocycles. The molecule has 0 atom stereocenters. The first-order valence-corrected chi connectivity index (χ1v) is 9.90. The van der Waals surface area contributed by atoms with Gasteiger partial charge in [-0.05, 0) is 48.7 Å². The molecule has 168 valence electrons. The van der Waals surface area contributed by atoms with Crippen molar-refractivity contribution in [1.82, 2.24) is 10.2 Å². The van der Waals surface area contributed by atoms with Gasteiger partial charge in [-0.25, -0.2) is 0 Å². The maximum atomic E-state index is 12.3. The number of benzene rings is 2. The molecule has 0 saturated carbocycles. The van der Waals surface area contributed by atoms with Crippen LogP contribution < -0.4 is 20.5 Å². The molecule has 7 nitrogen and oxygen atoms in total. The van der Waals surface area contributed by atoms with Gasteiger partial charge < -0.3 is 25.4 Å². The summed E-state index contributed by atoms with van der Waals surface area (Å²) in [6.07, 6.45) is 0.735. The number of amides is 1. The summed E-state index contributed by atoms with van der Waals surface area (Å²) in [5.41, 5.74) is 7.10. The molecular formula is C22H28F2N4O3. The van der Waals surface area contributed by atoms with Gasteiger partial charge in [-0.15, -0.1) is 0 Å². The lowest BCUT2D eigenvalue weighted by Gasteiger charge is -2.22. The molecule has 31 heavy (non-hydrogen) atoms. The van der Waals surface area contributed by atoms with E-state index in [1.807, 2.05) is 31.0 Å². The van der Waals surface area contributed by atoms with Gasteiger partial charge in [0.1, 0.15) is 11.5 Å². The van der Waals surface area contributed by atoms with E-state index in [1.54, 1.807) is 24.3 Å². The minimum absolute atomic E-state index is 0.132. The number of halogens is 2. The molecule has 2 aromatic rings. The molecule has 0 aromatic heterocycles. The van der Waals surface area contributed by atoms with Crippen LogP contribution in [0.1, 0.15) is 18.1 Å². The van der Waals surface area contributed by atoms with Crippen molar-refractivity contribution in [3.8, 4) is 11.5 Å². The van der Waals surface area contributed by atoms with E-state index in [-0.39, 0.29) is 12.4 Å². The Balaban J connectivity index is 1.90. The van der Waals surface area contributed by atoms with Crippen molar-refractivity contribution in [2.75, 3.05) is 26.7 Å². The highest BCUT2D eigenvalue weighted by atomic mass is 19.3. The fourth-order valence-electron chi connectivity index (χ4n) is 2.79. The van der Waals surface area contributed by atoms with Gasteiger partial charge in [0, 0.05) is 26.7 Å². The summed E-state index contributed by atoms with van der Waals surface area (Å²) in [5.74, 6) is 0.949. The van der Waals surface area contributed by atoms with E-state index < -0.39 is 12.5 Å². The zero-order valence-electron chi connectivity index (χ0n) is 17.7. The molecule has 0 fully saturated rings. The van der Waals surface area contributed by atoms with E-state index in [1.165, 1.54) is 12.1 Å². The van der Waals surface area contributed by atoms with Crippen molar-refractivity contribution in [3.63, 3.8) is 0 Å². The minimum Gasteiger partial charge on any atom is -0.484 e. The normalized spacial score (nSPS) is 11.3. The van der Waals surface area contributed by atoms with Crippen LogP contribution in [0.25, 0.3) is 0 Å². The summed E-state index contributed by atoms with van der Waals surface area (Å²) < 4.78 is 34.2. The SMILES string of the molecule is CCNC(=NCCc1ccc(OCC(N)=O)cc1)N(C)Cc1ccc(OC(F)F)cc1. The number of aliphatic imine (C=N–C) groups is 1. The zero-order chi connectivity index (χ0) is 22.6. The molecule has 0 heterocycles. The summed E-state index contributed by atoms with van der Waals surface area (Å²) in [7, 11) is 1.91. The Kier molecular flexibility index (Phi) is 9.54. The smallest absolute Gasteiger partial charge is 0.387 e. The largest absolute Gasteiger partial charge is 0.484 e. The van der Waals surface area contributed by atoms with Crippen LogP contribution in [0.4, 0.5) is 8.78 Å². The van der Waals surface area contributed by atoms with Crippen LogP contribution in [0.3, 0.4) is 0 Å². The Hall–Kier alpha value is -3.36. The Morgan fingerprint density at radius 1 is 1.10 bits per heavy atom. The van der Waals surface area contributed by atoms with Crippen LogP contribution >= 0.6 is 0 Å². The third kappa shape index (κ3) is 8.90. The van der Waals surface area contributed by atoms with Crippen LogP contribution in [-0.4, -0.2) is 50.1 Å². The summed E-state index contributed by atoms with van der Waals surface area (Å²) >= 11 is 0. The number of nitrogens with one attached hydrogen (secondary N) is 1. The monoisotopic (exact) mass is 434 g/mol. The lowest BCUT2D eigenvalue weighted by Crippen LogP contribution is -2.38. The summed E-state index contributed by atoms with van der Waals surface area (Å²) in [6, 6.07) is 14.0. The highest BCUT2D eigenvalue weighted by Crippen LogP contribution is 2.16. The third-order valence-electron chi connectivity index (χ3n) is 4.23. The predicted octanol–water partition coefficient (Wildman–Crippen LogP) is 2.79. The standard InChI is InChI=1S/C22H28F2N4O3/c1-3-26-22(28(2)14-17-6-10-19(11-7-17)31-21(23)24)27-13-12-16-4-8-18(9-5-16)30-15-20(25)29/h4-11,21H,3,12-15H2,1-2H3,(H2,25,29)(H,26,27). The first-order valence-electron chi connectivity index (χ1n) is 9.90. The maximum Gasteiger partial charge on any atom is 0.387 e. The quantitative estimate of drug-likeness (QED) is 0.419. The van der Waals surface area contributed by atoms with Crippen molar-refractivity contribution in [2.45, 2.75) is 26.5 Å². The summed E-state index contributed by atoms with van der Waals surface area (Å²) in [4.78, 5) is 17.4. The second kappa shape index (κ2) is 12.4. The van der Waals surface area contributed by atoms with Crippen LogP contribution in [0.5, 0.6) is 11.5 Å². The zero-order valence-corrected chi connectivity index (χ0v) is 17.7. The number of carbonyl (C=O) groups is 1. The number of guanidine groups is 1. The van der Waals surface area contributed by atoms with Gasteiger partial charge in [0.05, 0.1) is 0 Å². The Morgan fingerprint density at radius 2 is 1.71 bits per heavy atom. The first-order chi connectivity index (χ1) is 14.9. The Labute approximate surface area is 180 Å². The number of primary amides is 1. The number of alkyl halides is 2. The van der Waals surface area contributed by atoms with Crippen molar-refractivity contribution in [2.24, 2.45) is 10.7 Å². The average Bonchev–Trinajstić information content (AvgIpc) is 2.73. The number of nitrogens with zero attached hydrogens (tertiary/aromatic N) is 2. The highest BCUT2D eigenvalue weighted by molar-refractivity contribution is 5.79. The molecule has 9 heteroatoms. The number of ether oxygens (including phenoxy) is 2. The van der Waals surface area contributed by atoms with Gasteiger partial charge in [0.15, 0.2) is 12.6 Å². The number of hydrogen-bond acceptors (Lipinski definition) is 4. The molecule has 0 aliphatic rings. The van der Waals surface area contributed by atoms with E-state index in [2.05, 4.69) is 15.0 Å². The van der Waals surface area contributed by atoms with Crippen LogP contribution in [0.15, 0.2) is 53.5 Å². The van der Waals surface area contributed by atoms with Crippen molar-refractivity contribution < 1.29 is 23.0 Å². The van der Waals surface area contributed by atoms with Crippen LogP contribution in [0.2, 0.25) is 0 Å². The number of hydrogen-bond donors (Lipinski definition) is 2. The predicted molar refractivity (Wildman–Crippen MR) is 115 cm³/mol. The molecule has 3 N–H and O–H groups in total. The molecule has 1 amide bonds. The molecule has 2 rings (SSSR count). The molecule has 0 aliphatic heterocycles.